The average Bonchev–Trinajstić information content (AvgIpc) is 2.33. The van der Waals surface area contributed by atoms with Crippen LogP contribution in [0, 0.1) is 5.41 Å². The summed E-state index contributed by atoms with van der Waals surface area (Å²) in [5.41, 5.74) is 1.93. The second kappa shape index (κ2) is 6.57. The summed E-state index contributed by atoms with van der Waals surface area (Å²) >= 11 is 0. The molecule has 0 spiro atoms. The van der Waals surface area contributed by atoms with E-state index in [2.05, 4.69) is 5.32 Å². The second-order valence-electron chi connectivity index (χ2n) is 5.88. The van der Waals surface area contributed by atoms with E-state index in [-0.39, 0.29) is 18.1 Å². The standard InChI is InChI=1S/C15H23NO3/c1-15(2,3)13(16-14(18)19)9-8-11-4-6-12(10-17)7-5-11/h4-7,13,16-17H,8-10H2,1-3H3,(H,18,19). The molecule has 1 rings (SSSR count). The summed E-state index contributed by atoms with van der Waals surface area (Å²) in [6.45, 7) is 6.14. The summed E-state index contributed by atoms with van der Waals surface area (Å²) in [5, 5.41) is 20.4. The lowest BCUT2D eigenvalue weighted by molar-refractivity contribution is 0.172. The third-order valence-electron chi connectivity index (χ3n) is 3.27. The molecule has 1 amide bonds. The van der Waals surface area contributed by atoms with Gasteiger partial charge in [0.05, 0.1) is 6.61 Å². The van der Waals surface area contributed by atoms with E-state index in [1.807, 2.05) is 45.0 Å². The first-order valence-electron chi connectivity index (χ1n) is 6.51. The highest BCUT2D eigenvalue weighted by atomic mass is 16.4. The van der Waals surface area contributed by atoms with E-state index in [1.165, 1.54) is 0 Å². The first kappa shape index (κ1) is 15.5. The number of carboxylic acid groups (broad SMARTS) is 1. The van der Waals surface area contributed by atoms with Crippen LogP contribution in [0.25, 0.3) is 0 Å². The molecule has 0 aromatic heterocycles. The van der Waals surface area contributed by atoms with E-state index < -0.39 is 6.09 Å². The molecule has 0 aliphatic rings. The van der Waals surface area contributed by atoms with Gasteiger partial charge in [-0.1, -0.05) is 45.0 Å². The molecule has 0 saturated heterocycles. The fraction of sp³-hybridized carbons (Fsp3) is 0.533. The Labute approximate surface area is 114 Å². The maximum Gasteiger partial charge on any atom is 0.404 e. The summed E-state index contributed by atoms with van der Waals surface area (Å²) in [6, 6.07) is 7.67. The molecule has 3 N–H and O–H groups in total. The van der Waals surface area contributed by atoms with E-state index in [9.17, 15) is 4.79 Å². The van der Waals surface area contributed by atoms with Crippen LogP contribution in [0.3, 0.4) is 0 Å². The zero-order chi connectivity index (χ0) is 14.5. The fourth-order valence-corrected chi connectivity index (χ4v) is 1.99. The van der Waals surface area contributed by atoms with Crippen molar-refractivity contribution in [1.29, 1.82) is 0 Å². The number of benzene rings is 1. The Balaban J connectivity index is 2.62. The van der Waals surface area contributed by atoms with Crippen molar-refractivity contribution in [3.05, 3.63) is 35.4 Å². The van der Waals surface area contributed by atoms with Crippen molar-refractivity contribution in [2.24, 2.45) is 5.41 Å². The number of rotatable bonds is 5. The zero-order valence-electron chi connectivity index (χ0n) is 11.8. The number of hydrogen-bond acceptors (Lipinski definition) is 2. The summed E-state index contributed by atoms with van der Waals surface area (Å²) in [7, 11) is 0. The molecule has 0 saturated carbocycles. The molecule has 0 aliphatic heterocycles. The molecular weight excluding hydrogens is 242 g/mol. The SMILES string of the molecule is CC(C)(C)C(CCc1ccc(CO)cc1)NC(=O)O. The lowest BCUT2D eigenvalue weighted by atomic mass is 9.83. The molecule has 0 radical (unpaired) electrons. The second-order valence-corrected chi connectivity index (χ2v) is 5.88. The van der Waals surface area contributed by atoms with Crippen LogP contribution in [0.5, 0.6) is 0 Å². The predicted molar refractivity (Wildman–Crippen MR) is 75.1 cm³/mol. The smallest absolute Gasteiger partial charge is 0.404 e. The molecule has 1 aromatic carbocycles. The minimum atomic E-state index is -0.976. The first-order chi connectivity index (χ1) is 8.82. The number of aliphatic hydroxyl groups excluding tert-OH is 1. The lowest BCUT2D eigenvalue weighted by Crippen LogP contribution is -2.43. The average molecular weight is 265 g/mol. The molecule has 0 bridgehead atoms. The molecule has 1 unspecified atom stereocenters. The normalized spacial score (nSPS) is 13.1. The Morgan fingerprint density at radius 2 is 1.74 bits per heavy atom. The third-order valence-corrected chi connectivity index (χ3v) is 3.27. The summed E-state index contributed by atoms with van der Waals surface area (Å²) in [4.78, 5) is 10.8. The van der Waals surface area contributed by atoms with Crippen molar-refractivity contribution >= 4 is 6.09 Å². The quantitative estimate of drug-likeness (QED) is 0.766. The van der Waals surface area contributed by atoms with E-state index in [4.69, 9.17) is 10.2 Å². The van der Waals surface area contributed by atoms with Gasteiger partial charge in [0.25, 0.3) is 0 Å². The van der Waals surface area contributed by atoms with Crippen LogP contribution in [0.4, 0.5) is 4.79 Å². The number of aliphatic hydroxyl groups is 1. The molecule has 0 aliphatic carbocycles. The van der Waals surface area contributed by atoms with Crippen LogP contribution in [-0.2, 0) is 13.0 Å². The Bertz CT molecular complexity index is 406. The van der Waals surface area contributed by atoms with Crippen molar-refractivity contribution in [2.75, 3.05) is 0 Å². The van der Waals surface area contributed by atoms with Crippen LogP contribution in [0.15, 0.2) is 24.3 Å². The maximum atomic E-state index is 10.8. The van der Waals surface area contributed by atoms with Gasteiger partial charge in [0.15, 0.2) is 0 Å². The van der Waals surface area contributed by atoms with Gasteiger partial charge in [-0.3, -0.25) is 0 Å². The van der Waals surface area contributed by atoms with Gasteiger partial charge in [0.2, 0.25) is 0 Å². The lowest BCUT2D eigenvalue weighted by Gasteiger charge is -2.30. The molecule has 19 heavy (non-hydrogen) atoms. The molecule has 1 aromatic rings. The van der Waals surface area contributed by atoms with E-state index in [1.54, 1.807) is 0 Å². The van der Waals surface area contributed by atoms with E-state index >= 15 is 0 Å². The molecule has 1 atom stereocenters. The van der Waals surface area contributed by atoms with Gasteiger partial charge in [-0.05, 0) is 29.4 Å². The van der Waals surface area contributed by atoms with Gasteiger partial charge in [-0.2, -0.15) is 0 Å². The Hall–Kier alpha value is -1.55. The molecule has 4 heteroatoms. The molecular formula is C15H23NO3. The number of aryl methyl sites for hydroxylation is 1. The maximum absolute atomic E-state index is 10.8. The van der Waals surface area contributed by atoms with Gasteiger partial charge >= 0.3 is 6.09 Å². The van der Waals surface area contributed by atoms with Crippen LogP contribution < -0.4 is 5.32 Å². The Morgan fingerprint density at radius 3 is 2.16 bits per heavy atom. The topological polar surface area (TPSA) is 69.6 Å². The van der Waals surface area contributed by atoms with Crippen LogP contribution >= 0.6 is 0 Å². The highest BCUT2D eigenvalue weighted by Crippen LogP contribution is 2.23. The molecule has 0 fully saturated rings. The predicted octanol–water partition coefficient (Wildman–Crippen LogP) is 2.79. The number of amides is 1. The van der Waals surface area contributed by atoms with Crippen LogP contribution in [0.1, 0.15) is 38.3 Å². The Morgan fingerprint density at radius 1 is 1.21 bits per heavy atom. The van der Waals surface area contributed by atoms with E-state index in [0.29, 0.717) is 0 Å². The van der Waals surface area contributed by atoms with Gasteiger partial charge in [0.1, 0.15) is 0 Å². The highest BCUT2D eigenvalue weighted by molar-refractivity contribution is 5.64. The third kappa shape index (κ3) is 5.30. The van der Waals surface area contributed by atoms with Gasteiger partial charge in [0, 0.05) is 6.04 Å². The van der Waals surface area contributed by atoms with Crippen molar-refractivity contribution in [3.63, 3.8) is 0 Å². The summed E-state index contributed by atoms with van der Waals surface area (Å²) in [6.07, 6.45) is 0.595. The molecule has 106 valence electrons. The minimum Gasteiger partial charge on any atom is -0.465 e. The van der Waals surface area contributed by atoms with E-state index in [0.717, 1.165) is 24.0 Å². The highest BCUT2D eigenvalue weighted by Gasteiger charge is 2.25. The van der Waals surface area contributed by atoms with Gasteiger partial charge < -0.3 is 15.5 Å². The molecule has 4 nitrogen and oxygen atoms in total. The number of carbonyl (C=O) groups is 1. The first-order valence-corrected chi connectivity index (χ1v) is 6.51. The Kier molecular flexibility index (Phi) is 5.36. The summed E-state index contributed by atoms with van der Waals surface area (Å²) < 4.78 is 0. The van der Waals surface area contributed by atoms with Crippen LogP contribution in [0.2, 0.25) is 0 Å². The van der Waals surface area contributed by atoms with Gasteiger partial charge in [-0.15, -0.1) is 0 Å². The fourth-order valence-electron chi connectivity index (χ4n) is 1.99. The van der Waals surface area contributed by atoms with Gasteiger partial charge in [-0.25, -0.2) is 4.79 Å². The van der Waals surface area contributed by atoms with Crippen LogP contribution in [-0.4, -0.2) is 22.3 Å². The van der Waals surface area contributed by atoms with Crippen molar-refractivity contribution < 1.29 is 15.0 Å². The van der Waals surface area contributed by atoms with Crippen molar-refractivity contribution in [1.82, 2.24) is 5.32 Å². The monoisotopic (exact) mass is 265 g/mol. The molecule has 0 heterocycles. The summed E-state index contributed by atoms with van der Waals surface area (Å²) in [5.74, 6) is 0. The number of hydrogen-bond donors (Lipinski definition) is 3. The van der Waals surface area contributed by atoms with Crippen molar-refractivity contribution in [2.45, 2.75) is 46.3 Å². The largest absolute Gasteiger partial charge is 0.465 e. The minimum absolute atomic E-state index is 0.0471. The zero-order valence-corrected chi connectivity index (χ0v) is 11.8. The number of nitrogens with one attached hydrogen (secondary N) is 1. The van der Waals surface area contributed by atoms with Crippen molar-refractivity contribution in [3.8, 4) is 0 Å².